The number of rotatable bonds is 1. The number of Topliss-reactive ketones (excluding diaryl/α,β-unsaturated/α-hetero) is 1. The standard InChI is InChI=1S/C14H17NO/c1-5-14(3,4)15-10(2)9-11-12(15)7-6-8-13(11)16/h1,9H,6-8H2,2-4H3. The lowest BCUT2D eigenvalue weighted by atomic mass is 9.95. The second kappa shape index (κ2) is 3.52. The molecule has 2 nitrogen and oxygen atoms in total. The van der Waals surface area contributed by atoms with Crippen molar-refractivity contribution in [3.8, 4) is 12.3 Å². The maximum Gasteiger partial charge on any atom is 0.164 e. The molecule has 0 saturated carbocycles. The van der Waals surface area contributed by atoms with Gasteiger partial charge in [-0.1, -0.05) is 5.92 Å². The van der Waals surface area contributed by atoms with Crippen LogP contribution in [0.1, 0.15) is 48.4 Å². The molecule has 0 fully saturated rings. The van der Waals surface area contributed by atoms with E-state index < -0.39 is 0 Å². The van der Waals surface area contributed by atoms with Crippen molar-refractivity contribution in [1.82, 2.24) is 4.57 Å². The Kier molecular flexibility index (Phi) is 2.42. The summed E-state index contributed by atoms with van der Waals surface area (Å²) in [7, 11) is 0. The Morgan fingerprint density at radius 2 is 2.12 bits per heavy atom. The highest BCUT2D eigenvalue weighted by molar-refractivity contribution is 5.98. The number of terminal acetylenes is 1. The number of ketones is 1. The highest BCUT2D eigenvalue weighted by Gasteiger charge is 2.28. The number of carbonyl (C=O) groups is 1. The van der Waals surface area contributed by atoms with Crippen molar-refractivity contribution in [2.24, 2.45) is 0 Å². The smallest absolute Gasteiger partial charge is 0.164 e. The van der Waals surface area contributed by atoms with Crippen molar-refractivity contribution in [3.63, 3.8) is 0 Å². The first-order chi connectivity index (χ1) is 7.47. The van der Waals surface area contributed by atoms with Crippen LogP contribution >= 0.6 is 0 Å². The second-order valence-corrected chi connectivity index (χ2v) is 4.96. The van der Waals surface area contributed by atoms with Gasteiger partial charge in [-0.3, -0.25) is 4.79 Å². The topological polar surface area (TPSA) is 22.0 Å². The SMILES string of the molecule is C#CC(C)(C)n1c(C)cc2c1CCCC2=O. The molecule has 0 saturated heterocycles. The molecule has 1 aromatic rings. The van der Waals surface area contributed by atoms with E-state index in [1.54, 1.807) is 0 Å². The van der Waals surface area contributed by atoms with E-state index in [0.29, 0.717) is 6.42 Å². The number of hydrogen-bond donors (Lipinski definition) is 0. The van der Waals surface area contributed by atoms with Crippen LogP contribution in [0.4, 0.5) is 0 Å². The molecule has 2 heteroatoms. The van der Waals surface area contributed by atoms with Gasteiger partial charge in [-0.05, 0) is 39.7 Å². The predicted octanol–water partition coefficient (Wildman–Crippen LogP) is 2.68. The monoisotopic (exact) mass is 215 g/mol. The van der Waals surface area contributed by atoms with E-state index in [9.17, 15) is 4.79 Å². The molecule has 0 bridgehead atoms. The van der Waals surface area contributed by atoms with Crippen molar-refractivity contribution >= 4 is 5.78 Å². The summed E-state index contributed by atoms with van der Waals surface area (Å²) in [6.45, 7) is 6.05. The van der Waals surface area contributed by atoms with Gasteiger partial charge in [-0.25, -0.2) is 0 Å². The molecule has 1 aliphatic carbocycles. The molecule has 0 spiro atoms. The minimum Gasteiger partial charge on any atom is -0.332 e. The summed E-state index contributed by atoms with van der Waals surface area (Å²) in [4.78, 5) is 11.8. The van der Waals surface area contributed by atoms with Crippen LogP contribution in [0.25, 0.3) is 0 Å². The van der Waals surface area contributed by atoms with Crippen molar-refractivity contribution < 1.29 is 4.79 Å². The molecular formula is C14H17NO. The summed E-state index contributed by atoms with van der Waals surface area (Å²) in [5, 5.41) is 0. The van der Waals surface area contributed by atoms with Crippen LogP contribution in [-0.4, -0.2) is 10.4 Å². The van der Waals surface area contributed by atoms with E-state index in [2.05, 4.69) is 10.5 Å². The Balaban J connectivity index is 2.65. The van der Waals surface area contributed by atoms with Gasteiger partial charge in [0, 0.05) is 23.4 Å². The Labute approximate surface area is 96.7 Å². The Bertz CT molecular complexity index is 486. The van der Waals surface area contributed by atoms with Gasteiger partial charge in [0.1, 0.15) is 0 Å². The summed E-state index contributed by atoms with van der Waals surface area (Å²) in [6.07, 6.45) is 8.15. The van der Waals surface area contributed by atoms with Crippen LogP contribution in [0.15, 0.2) is 6.07 Å². The highest BCUT2D eigenvalue weighted by atomic mass is 16.1. The van der Waals surface area contributed by atoms with Crippen LogP contribution in [0.5, 0.6) is 0 Å². The first-order valence-corrected chi connectivity index (χ1v) is 5.70. The third-order valence-corrected chi connectivity index (χ3v) is 3.32. The molecule has 0 radical (unpaired) electrons. The third kappa shape index (κ3) is 1.48. The normalized spacial score (nSPS) is 15.8. The van der Waals surface area contributed by atoms with Crippen LogP contribution in [0.3, 0.4) is 0 Å². The second-order valence-electron chi connectivity index (χ2n) is 4.96. The predicted molar refractivity (Wildman–Crippen MR) is 64.6 cm³/mol. The van der Waals surface area contributed by atoms with E-state index in [0.717, 1.165) is 29.8 Å². The molecule has 2 rings (SSSR count). The lowest BCUT2D eigenvalue weighted by Gasteiger charge is -2.27. The number of aryl methyl sites for hydroxylation is 1. The Morgan fingerprint density at radius 1 is 1.44 bits per heavy atom. The van der Waals surface area contributed by atoms with Gasteiger partial charge in [-0.15, -0.1) is 6.42 Å². The Hall–Kier alpha value is -1.49. The van der Waals surface area contributed by atoms with E-state index in [1.165, 1.54) is 0 Å². The maximum absolute atomic E-state index is 11.8. The van der Waals surface area contributed by atoms with Crippen LogP contribution < -0.4 is 0 Å². The van der Waals surface area contributed by atoms with Crippen LogP contribution in [0, 0.1) is 19.3 Å². The highest BCUT2D eigenvalue weighted by Crippen LogP contribution is 2.30. The zero-order chi connectivity index (χ0) is 11.9. The number of carbonyl (C=O) groups excluding carboxylic acids is 1. The summed E-state index contributed by atoms with van der Waals surface area (Å²) in [5.74, 6) is 3.06. The zero-order valence-electron chi connectivity index (χ0n) is 10.1. The van der Waals surface area contributed by atoms with E-state index in [4.69, 9.17) is 6.42 Å². The van der Waals surface area contributed by atoms with Crippen molar-refractivity contribution in [2.75, 3.05) is 0 Å². The average molecular weight is 215 g/mol. The number of nitrogens with zero attached hydrogens (tertiary/aromatic N) is 1. The first kappa shape index (κ1) is 11.0. The van der Waals surface area contributed by atoms with E-state index in [1.807, 2.05) is 26.8 Å². The molecule has 0 amide bonds. The van der Waals surface area contributed by atoms with Crippen molar-refractivity contribution in [1.29, 1.82) is 0 Å². The average Bonchev–Trinajstić information content (AvgIpc) is 2.57. The number of hydrogen-bond acceptors (Lipinski definition) is 1. The Morgan fingerprint density at radius 3 is 2.75 bits per heavy atom. The fraction of sp³-hybridized carbons (Fsp3) is 0.500. The van der Waals surface area contributed by atoms with Gasteiger partial charge in [0.05, 0.1) is 5.54 Å². The zero-order valence-corrected chi connectivity index (χ0v) is 10.1. The largest absolute Gasteiger partial charge is 0.332 e. The molecule has 1 aromatic heterocycles. The lowest BCUT2D eigenvalue weighted by Crippen LogP contribution is -2.28. The van der Waals surface area contributed by atoms with Crippen LogP contribution in [-0.2, 0) is 12.0 Å². The molecule has 0 N–H and O–H groups in total. The minimum atomic E-state index is -0.352. The first-order valence-electron chi connectivity index (χ1n) is 5.70. The van der Waals surface area contributed by atoms with Gasteiger partial charge in [-0.2, -0.15) is 0 Å². The molecular weight excluding hydrogens is 198 g/mol. The molecule has 84 valence electrons. The molecule has 0 aromatic carbocycles. The minimum absolute atomic E-state index is 0.260. The summed E-state index contributed by atoms with van der Waals surface area (Å²) in [6, 6.07) is 1.98. The maximum atomic E-state index is 11.8. The van der Waals surface area contributed by atoms with Gasteiger partial charge < -0.3 is 4.57 Å². The van der Waals surface area contributed by atoms with E-state index in [-0.39, 0.29) is 11.3 Å². The third-order valence-electron chi connectivity index (χ3n) is 3.32. The van der Waals surface area contributed by atoms with Gasteiger partial charge in [0.25, 0.3) is 0 Å². The van der Waals surface area contributed by atoms with Crippen molar-refractivity contribution in [2.45, 2.75) is 45.6 Å². The number of aromatic nitrogens is 1. The quantitative estimate of drug-likeness (QED) is 0.660. The van der Waals surface area contributed by atoms with Crippen molar-refractivity contribution in [3.05, 3.63) is 23.0 Å². The van der Waals surface area contributed by atoms with E-state index >= 15 is 0 Å². The van der Waals surface area contributed by atoms with Crippen LogP contribution in [0.2, 0.25) is 0 Å². The molecule has 0 unspecified atom stereocenters. The molecule has 1 aliphatic rings. The summed E-state index contributed by atoms with van der Waals surface area (Å²) in [5.41, 5.74) is 2.74. The van der Waals surface area contributed by atoms with Gasteiger partial charge in [0.2, 0.25) is 0 Å². The summed E-state index contributed by atoms with van der Waals surface area (Å²) >= 11 is 0. The lowest BCUT2D eigenvalue weighted by molar-refractivity contribution is 0.0971. The fourth-order valence-corrected chi connectivity index (χ4v) is 2.57. The molecule has 0 aliphatic heterocycles. The fourth-order valence-electron chi connectivity index (χ4n) is 2.57. The van der Waals surface area contributed by atoms with Gasteiger partial charge in [0.15, 0.2) is 5.78 Å². The summed E-state index contributed by atoms with van der Waals surface area (Å²) < 4.78 is 2.14. The molecule has 1 heterocycles. The molecule has 0 atom stereocenters. The van der Waals surface area contributed by atoms with Gasteiger partial charge >= 0.3 is 0 Å². The molecule has 16 heavy (non-hydrogen) atoms. The number of fused-ring (bicyclic) bond motifs is 1.